The topological polar surface area (TPSA) is 172 Å². The minimum Gasteiger partial charge on any atom is -0.478 e. The van der Waals surface area contributed by atoms with E-state index < -0.39 is 17.9 Å². The van der Waals surface area contributed by atoms with E-state index in [1.807, 2.05) is 32.0 Å². The Balaban J connectivity index is 0.000000236. The van der Waals surface area contributed by atoms with Crippen molar-refractivity contribution in [1.29, 1.82) is 0 Å². The van der Waals surface area contributed by atoms with Gasteiger partial charge in [-0.3, -0.25) is 0 Å². The molecule has 52 heavy (non-hydrogen) atoms. The summed E-state index contributed by atoms with van der Waals surface area (Å²) in [5.74, 6) is -0.978. The van der Waals surface area contributed by atoms with E-state index in [9.17, 15) is 14.4 Å². The molecular formula is C37H31Cl3N4O8. The van der Waals surface area contributed by atoms with Gasteiger partial charge in [-0.25, -0.2) is 19.2 Å². The fourth-order valence-corrected chi connectivity index (χ4v) is 5.04. The maximum absolute atomic E-state index is 11.0. The van der Waals surface area contributed by atoms with Crippen molar-refractivity contribution in [2.45, 2.75) is 21.3 Å². The van der Waals surface area contributed by atoms with Gasteiger partial charge >= 0.3 is 17.9 Å². The molecule has 0 saturated heterocycles. The molecular weight excluding hydrogens is 735 g/mol. The Kier molecular flexibility index (Phi) is 13.9. The number of nitrogens with zero attached hydrogens (tertiary/aromatic N) is 3. The van der Waals surface area contributed by atoms with Crippen LogP contribution in [-0.4, -0.2) is 47.4 Å². The molecule has 0 aliphatic carbocycles. The molecule has 0 atom stereocenters. The summed E-state index contributed by atoms with van der Waals surface area (Å²) in [7, 11) is 2.60. The monoisotopic (exact) mass is 764 g/mol. The predicted octanol–water partition coefficient (Wildman–Crippen LogP) is 10.1. The van der Waals surface area contributed by atoms with E-state index in [0.717, 1.165) is 22.1 Å². The molecule has 6 rings (SSSR count). The van der Waals surface area contributed by atoms with Crippen molar-refractivity contribution < 1.29 is 37.9 Å². The van der Waals surface area contributed by atoms with Crippen molar-refractivity contribution in [2.24, 2.45) is 0 Å². The lowest BCUT2D eigenvalue weighted by atomic mass is 10.1. The van der Waals surface area contributed by atoms with E-state index in [4.69, 9.17) is 61.2 Å². The summed E-state index contributed by atoms with van der Waals surface area (Å²) in [5, 5.41) is 14.8. The first-order valence-electron chi connectivity index (χ1n) is 14.5. The van der Waals surface area contributed by atoms with E-state index in [1.54, 1.807) is 18.2 Å². The Morgan fingerprint density at radius 1 is 0.808 bits per heavy atom. The number of benzene rings is 4. The Bertz CT molecular complexity index is 2270. The summed E-state index contributed by atoms with van der Waals surface area (Å²) < 4.78 is 20.2. The molecule has 12 nitrogen and oxygen atoms in total. The fourth-order valence-electron chi connectivity index (χ4n) is 4.37. The normalized spacial score (nSPS) is 10.0. The van der Waals surface area contributed by atoms with E-state index in [2.05, 4.69) is 24.5 Å². The van der Waals surface area contributed by atoms with Crippen LogP contribution in [0.1, 0.15) is 49.6 Å². The van der Waals surface area contributed by atoms with Gasteiger partial charge in [0.25, 0.3) is 5.89 Å². The number of nitrogen functional groups attached to an aromatic ring is 1. The molecule has 4 aromatic carbocycles. The van der Waals surface area contributed by atoms with Crippen LogP contribution in [0.5, 0.6) is 0 Å². The Morgan fingerprint density at radius 2 is 1.38 bits per heavy atom. The summed E-state index contributed by atoms with van der Waals surface area (Å²) in [4.78, 5) is 40.5. The van der Waals surface area contributed by atoms with Gasteiger partial charge in [0.05, 0.1) is 53.2 Å². The maximum atomic E-state index is 11.0. The summed E-state index contributed by atoms with van der Waals surface area (Å²) in [6, 6.07) is 19.2. The first-order chi connectivity index (χ1) is 24.3. The van der Waals surface area contributed by atoms with Crippen molar-refractivity contribution in [3.05, 3.63) is 127 Å². The van der Waals surface area contributed by atoms with Crippen molar-refractivity contribution >= 4 is 75.1 Å². The molecule has 0 amide bonds. The molecule has 0 aliphatic heterocycles. The highest BCUT2D eigenvalue weighted by molar-refractivity contribution is 6.34. The standard InChI is InChI=1S/C19H13ClN2O4.C9H6ClNO2.C8H8ClNO2.CH4/c1-9-3-4-10(2)16-13(9)8-15(25-16)18-21-17(22-26-18)12-6-5-11(19(23)24)7-14(12)20;1-11-8-4-3-6(5-7(8)10)9(12)13-2;1-12-8(11)5-2-3-7(10)6(9)4-5;/h3-8H,1-2H3,(H,23,24);3-5H,2H3;2-4H,10H2,1H3;1H4. The molecule has 2 aromatic heterocycles. The molecule has 0 radical (unpaired) electrons. The number of ether oxygens (including phenoxy) is 2. The summed E-state index contributed by atoms with van der Waals surface area (Å²) in [5.41, 5.74) is 10.4. The summed E-state index contributed by atoms with van der Waals surface area (Å²) in [6.45, 7) is 10.7. The van der Waals surface area contributed by atoms with Crippen LogP contribution < -0.4 is 5.73 Å². The van der Waals surface area contributed by atoms with Gasteiger partial charge in [0.2, 0.25) is 11.5 Å². The molecule has 2 heterocycles. The maximum Gasteiger partial charge on any atom is 0.337 e. The third kappa shape index (κ3) is 9.46. The zero-order valence-electron chi connectivity index (χ0n) is 27.3. The second-order valence-electron chi connectivity index (χ2n) is 10.5. The largest absolute Gasteiger partial charge is 0.478 e. The first-order valence-corrected chi connectivity index (χ1v) is 15.7. The van der Waals surface area contributed by atoms with Gasteiger partial charge in [-0.15, -0.1) is 0 Å². The van der Waals surface area contributed by atoms with Crippen molar-refractivity contribution in [1.82, 2.24) is 10.1 Å². The number of carbonyl (C=O) groups is 3. The van der Waals surface area contributed by atoms with Gasteiger partial charge in [0.1, 0.15) is 5.58 Å². The van der Waals surface area contributed by atoms with E-state index in [1.165, 1.54) is 50.6 Å². The number of esters is 2. The molecule has 268 valence electrons. The lowest BCUT2D eigenvalue weighted by Gasteiger charge is -2.00. The van der Waals surface area contributed by atoms with Crippen LogP contribution in [0.25, 0.3) is 38.9 Å². The van der Waals surface area contributed by atoms with Gasteiger partial charge in [-0.1, -0.05) is 71.7 Å². The molecule has 0 aliphatic rings. The van der Waals surface area contributed by atoms with E-state index in [-0.39, 0.29) is 34.8 Å². The number of nitrogens with two attached hydrogens (primary N) is 1. The Hall–Kier alpha value is -5.87. The first kappa shape index (κ1) is 40.6. The average Bonchev–Trinajstić information content (AvgIpc) is 3.80. The number of hydrogen-bond acceptors (Lipinski definition) is 10. The second-order valence-corrected chi connectivity index (χ2v) is 11.7. The number of carboxylic acids is 1. The van der Waals surface area contributed by atoms with Crippen LogP contribution >= 0.6 is 34.8 Å². The third-order valence-corrected chi connectivity index (χ3v) is 8.05. The van der Waals surface area contributed by atoms with Gasteiger partial charge in [0, 0.05) is 16.0 Å². The Labute approximate surface area is 313 Å². The minimum atomic E-state index is -1.06. The van der Waals surface area contributed by atoms with Crippen LogP contribution in [0, 0.1) is 20.4 Å². The predicted molar refractivity (Wildman–Crippen MR) is 199 cm³/mol. The van der Waals surface area contributed by atoms with Gasteiger partial charge < -0.3 is 29.3 Å². The van der Waals surface area contributed by atoms with Gasteiger partial charge in [0.15, 0.2) is 5.76 Å². The van der Waals surface area contributed by atoms with Crippen LogP contribution in [-0.2, 0) is 9.47 Å². The molecule has 0 fully saturated rings. The van der Waals surface area contributed by atoms with Crippen LogP contribution in [0.3, 0.4) is 0 Å². The van der Waals surface area contributed by atoms with Crippen molar-refractivity contribution in [3.63, 3.8) is 0 Å². The van der Waals surface area contributed by atoms with Crippen LogP contribution in [0.15, 0.2) is 81.7 Å². The SMILES string of the molecule is C.COC(=O)c1ccc(N)c(Cl)c1.Cc1ccc(C)c2oc(-c3nc(-c4ccc(C(=O)O)cc4Cl)no3)cc12.[C-]#[N+]c1ccc(C(=O)OC)cc1Cl. The summed E-state index contributed by atoms with van der Waals surface area (Å²) >= 11 is 17.6. The smallest absolute Gasteiger partial charge is 0.337 e. The highest BCUT2D eigenvalue weighted by Gasteiger charge is 2.19. The van der Waals surface area contributed by atoms with Crippen LogP contribution in [0.4, 0.5) is 11.4 Å². The number of fused-ring (bicyclic) bond motifs is 1. The quantitative estimate of drug-likeness (QED) is 0.0971. The zero-order valence-corrected chi connectivity index (χ0v) is 29.6. The third-order valence-electron chi connectivity index (χ3n) is 7.10. The lowest BCUT2D eigenvalue weighted by Crippen LogP contribution is -2.01. The molecule has 0 spiro atoms. The number of furan rings is 1. The molecule has 0 bridgehead atoms. The highest BCUT2D eigenvalue weighted by Crippen LogP contribution is 2.33. The van der Waals surface area contributed by atoms with Gasteiger partial charge in [-0.05, 0) is 73.5 Å². The summed E-state index contributed by atoms with van der Waals surface area (Å²) in [6.07, 6.45) is 0. The molecule has 0 saturated carbocycles. The number of hydrogen-bond donors (Lipinski definition) is 2. The minimum absolute atomic E-state index is 0. The zero-order chi connectivity index (χ0) is 37.4. The van der Waals surface area contributed by atoms with Crippen LogP contribution in [0.2, 0.25) is 15.1 Å². The van der Waals surface area contributed by atoms with E-state index >= 15 is 0 Å². The number of carboxylic acid groups (broad SMARTS) is 1. The number of aryl methyl sites for hydroxylation is 2. The number of anilines is 1. The van der Waals surface area contributed by atoms with Crippen molar-refractivity contribution in [3.8, 4) is 23.0 Å². The molecule has 15 heteroatoms. The highest BCUT2D eigenvalue weighted by atomic mass is 35.5. The van der Waals surface area contributed by atoms with Crippen molar-refractivity contribution in [2.75, 3.05) is 20.0 Å². The molecule has 3 N–H and O–H groups in total. The number of methoxy groups -OCH3 is 2. The fraction of sp³-hybridized carbons (Fsp3) is 0.135. The second kappa shape index (κ2) is 17.9. The molecule has 0 unspecified atom stereocenters. The lowest BCUT2D eigenvalue weighted by molar-refractivity contribution is 0.0592. The molecule has 6 aromatic rings. The number of rotatable bonds is 5. The number of halogens is 3. The number of aromatic carboxylic acids is 1. The van der Waals surface area contributed by atoms with E-state index in [0.29, 0.717) is 38.8 Å². The number of aromatic nitrogens is 2. The van der Waals surface area contributed by atoms with Gasteiger partial charge in [-0.2, -0.15) is 4.98 Å². The number of carbonyl (C=O) groups excluding carboxylic acids is 2. The Morgan fingerprint density at radius 3 is 1.92 bits per heavy atom. The average molecular weight is 766 g/mol.